The molecule has 0 aliphatic carbocycles. The van der Waals surface area contributed by atoms with Crippen LogP contribution in [0.25, 0.3) is 0 Å². The van der Waals surface area contributed by atoms with Gasteiger partial charge in [-0.3, -0.25) is 4.68 Å². The van der Waals surface area contributed by atoms with Crippen molar-refractivity contribution in [3.05, 3.63) is 12.2 Å². The summed E-state index contributed by atoms with van der Waals surface area (Å²) in [4.78, 5) is 6.59. The van der Waals surface area contributed by atoms with Crippen LogP contribution in [0.2, 0.25) is 0 Å². The van der Waals surface area contributed by atoms with Crippen LogP contribution in [0.15, 0.2) is 6.33 Å². The summed E-state index contributed by atoms with van der Waals surface area (Å²) in [6.45, 7) is 5.04. The third-order valence-corrected chi connectivity index (χ3v) is 3.76. The van der Waals surface area contributed by atoms with E-state index in [9.17, 15) is 5.11 Å². The molecule has 0 spiro atoms. The summed E-state index contributed by atoms with van der Waals surface area (Å²) < 4.78 is 1.92. The second kappa shape index (κ2) is 5.80. The van der Waals surface area contributed by atoms with Crippen molar-refractivity contribution in [2.45, 2.75) is 51.2 Å². The smallest absolute Gasteiger partial charge is 0.138 e. The number of aliphatic hydroxyl groups is 1. The van der Waals surface area contributed by atoms with E-state index in [1.807, 2.05) is 4.68 Å². The van der Waals surface area contributed by atoms with Gasteiger partial charge in [0.05, 0.1) is 5.60 Å². The van der Waals surface area contributed by atoms with E-state index in [1.54, 1.807) is 6.33 Å². The molecule has 2 heterocycles. The summed E-state index contributed by atoms with van der Waals surface area (Å²) in [5, 5.41) is 15.0. The van der Waals surface area contributed by atoms with E-state index in [1.165, 1.54) is 0 Å². The fourth-order valence-electron chi connectivity index (χ4n) is 2.61. The first-order valence-electron chi connectivity index (χ1n) is 6.90. The quantitative estimate of drug-likeness (QED) is 0.871. The van der Waals surface area contributed by atoms with Crippen molar-refractivity contribution in [2.75, 3.05) is 20.1 Å². The molecule has 0 aromatic carbocycles. The molecule has 1 aliphatic heterocycles. The number of likely N-dealkylation sites (tertiary alicyclic amines) is 1. The van der Waals surface area contributed by atoms with Crippen LogP contribution in [0, 0.1) is 0 Å². The molecule has 1 aliphatic rings. The third kappa shape index (κ3) is 3.29. The lowest BCUT2D eigenvalue weighted by Crippen LogP contribution is -2.34. The number of hydrogen-bond donors (Lipinski definition) is 1. The molecule has 1 aromatic heterocycles. The van der Waals surface area contributed by atoms with Crippen LogP contribution >= 0.6 is 0 Å². The van der Waals surface area contributed by atoms with Gasteiger partial charge in [0, 0.05) is 19.5 Å². The Bertz CT molecular complexity index is 379. The summed E-state index contributed by atoms with van der Waals surface area (Å²) in [6.07, 6.45) is 5.99. The lowest BCUT2D eigenvalue weighted by molar-refractivity contribution is 0.0234. The van der Waals surface area contributed by atoms with Crippen molar-refractivity contribution in [2.24, 2.45) is 0 Å². The molecule has 1 saturated heterocycles. The van der Waals surface area contributed by atoms with Gasteiger partial charge in [-0.15, -0.1) is 0 Å². The molecule has 5 nitrogen and oxygen atoms in total. The molecule has 0 saturated carbocycles. The third-order valence-electron chi connectivity index (χ3n) is 3.76. The van der Waals surface area contributed by atoms with Gasteiger partial charge < -0.3 is 10.0 Å². The molecular formula is C13H24N4O. The number of aromatic nitrogens is 3. The maximum absolute atomic E-state index is 10.7. The SMILES string of the molecule is CCCn1ncnc1CC1(O)CCCN(C)CC1. The lowest BCUT2D eigenvalue weighted by Gasteiger charge is -2.26. The Hall–Kier alpha value is -0.940. The van der Waals surface area contributed by atoms with Crippen LogP contribution in [0.1, 0.15) is 38.4 Å². The van der Waals surface area contributed by atoms with Crippen LogP contribution in [0.4, 0.5) is 0 Å². The van der Waals surface area contributed by atoms with Gasteiger partial charge in [0.25, 0.3) is 0 Å². The monoisotopic (exact) mass is 252 g/mol. The topological polar surface area (TPSA) is 54.2 Å². The molecule has 2 rings (SSSR count). The van der Waals surface area contributed by atoms with Crippen molar-refractivity contribution in [3.8, 4) is 0 Å². The van der Waals surface area contributed by atoms with Gasteiger partial charge in [-0.2, -0.15) is 5.10 Å². The zero-order chi connectivity index (χ0) is 13.0. The van der Waals surface area contributed by atoms with Crippen molar-refractivity contribution < 1.29 is 5.11 Å². The highest BCUT2D eigenvalue weighted by atomic mass is 16.3. The van der Waals surface area contributed by atoms with Gasteiger partial charge in [0.1, 0.15) is 12.2 Å². The summed E-state index contributed by atoms with van der Waals surface area (Å²) in [5.74, 6) is 0.920. The Labute approximate surface area is 109 Å². The highest BCUT2D eigenvalue weighted by Crippen LogP contribution is 2.25. The molecule has 102 valence electrons. The second-order valence-electron chi connectivity index (χ2n) is 5.46. The van der Waals surface area contributed by atoms with E-state index in [0.717, 1.165) is 51.1 Å². The first-order valence-corrected chi connectivity index (χ1v) is 6.90. The fourth-order valence-corrected chi connectivity index (χ4v) is 2.61. The first kappa shape index (κ1) is 13.5. The minimum absolute atomic E-state index is 0.608. The molecule has 1 fully saturated rings. The molecule has 18 heavy (non-hydrogen) atoms. The molecule has 1 aromatic rings. The van der Waals surface area contributed by atoms with Gasteiger partial charge in [-0.25, -0.2) is 4.98 Å². The summed E-state index contributed by atoms with van der Waals surface area (Å²) in [7, 11) is 2.12. The van der Waals surface area contributed by atoms with Crippen molar-refractivity contribution in [3.63, 3.8) is 0 Å². The van der Waals surface area contributed by atoms with Crippen LogP contribution in [-0.2, 0) is 13.0 Å². The Balaban J connectivity index is 2.04. The minimum atomic E-state index is -0.608. The molecule has 0 bridgehead atoms. The van der Waals surface area contributed by atoms with E-state index in [2.05, 4.69) is 29.0 Å². The standard InChI is InChI=1S/C13H24N4O/c1-3-7-17-12(14-11-15-17)10-13(18)5-4-8-16(2)9-6-13/h11,18H,3-10H2,1-2H3. The molecular weight excluding hydrogens is 228 g/mol. The number of aryl methyl sites for hydroxylation is 1. The molecule has 0 radical (unpaired) electrons. The second-order valence-corrected chi connectivity index (χ2v) is 5.46. The van der Waals surface area contributed by atoms with Crippen LogP contribution < -0.4 is 0 Å². The average molecular weight is 252 g/mol. The van der Waals surface area contributed by atoms with E-state index < -0.39 is 5.60 Å². The highest BCUT2D eigenvalue weighted by molar-refractivity contribution is 4.96. The average Bonchev–Trinajstić information content (AvgIpc) is 2.67. The zero-order valence-electron chi connectivity index (χ0n) is 11.5. The Morgan fingerprint density at radius 2 is 2.22 bits per heavy atom. The van der Waals surface area contributed by atoms with Gasteiger partial charge in [-0.05, 0) is 39.3 Å². The Morgan fingerprint density at radius 3 is 3.00 bits per heavy atom. The maximum atomic E-state index is 10.7. The zero-order valence-corrected chi connectivity index (χ0v) is 11.5. The maximum Gasteiger partial charge on any atom is 0.138 e. The van der Waals surface area contributed by atoms with Crippen LogP contribution in [-0.4, -0.2) is 50.5 Å². The Kier molecular flexibility index (Phi) is 4.35. The Morgan fingerprint density at radius 1 is 1.39 bits per heavy atom. The summed E-state index contributed by atoms with van der Waals surface area (Å²) in [5.41, 5.74) is -0.608. The minimum Gasteiger partial charge on any atom is -0.389 e. The predicted molar refractivity (Wildman–Crippen MR) is 70.3 cm³/mol. The van der Waals surface area contributed by atoms with Crippen LogP contribution in [0.5, 0.6) is 0 Å². The van der Waals surface area contributed by atoms with Crippen LogP contribution in [0.3, 0.4) is 0 Å². The fraction of sp³-hybridized carbons (Fsp3) is 0.846. The van der Waals surface area contributed by atoms with E-state index >= 15 is 0 Å². The van der Waals surface area contributed by atoms with E-state index in [-0.39, 0.29) is 0 Å². The normalized spacial score (nSPS) is 26.2. The van der Waals surface area contributed by atoms with Gasteiger partial charge >= 0.3 is 0 Å². The van der Waals surface area contributed by atoms with E-state index in [4.69, 9.17) is 0 Å². The molecule has 1 N–H and O–H groups in total. The largest absolute Gasteiger partial charge is 0.389 e. The predicted octanol–water partition coefficient (Wildman–Crippen LogP) is 1.08. The van der Waals surface area contributed by atoms with Crippen molar-refractivity contribution in [1.82, 2.24) is 19.7 Å². The summed E-state index contributed by atoms with van der Waals surface area (Å²) in [6, 6.07) is 0. The molecule has 5 heteroatoms. The van der Waals surface area contributed by atoms with Crippen molar-refractivity contribution in [1.29, 1.82) is 0 Å². The van der Waals surface area contributed by atoms with Gasteiger partial charge in [-0.1, -0.05) is 6.92 Å². The van der Waals surface area contributed by atoms with Gasteiger partial charge in [0.2, 0.25) is 0 Å². The van der Waals surface area contributed by atoms with E-state index in [0.29, 0.717) is 6.42 Å². The van der Waals surface area contributed by atoms with Gasteiger partial charge in [0.15, 0.2) is 0 Å². The number of nitrogens with zero attached hydrogens (tertiary/aromatic N) is 4. The highest BCUT2D eigenvalue weighted by Gasteiger charge is 2.31. The molecule has 1 atom stereocenters. The number of rotatable bonds is 4. The first-order chi connectivity index (χ1) is 8.63. The molecule has 1 unspecified atom stereocenters. The van der Waals surface area contributed by atoms with Crippen molar-refractivity contribution >= 4 is 0 Å². The molecule has 0 amide bonds. The number of hydrogen-bond acceptors (Lipinski definition) is 4. The lowest BCUT2D eigenvalue weighted by atomic mass is 9.91. The summed E-state index contributed by atoms with van der Waals surface area (Å²) >= 11 is 0.